The number of carbonyl (C=O) groups excluding carboxylic acids is 1. The fraction of sp³-hybridized carbons (Fsp3) is 0.0476. The summed E-state index contributed by atoms with van der Waals surface area (Å²) in [6, 6.07) is 18.3. The van der Waals surface area contributed by atoms with Gasteiger partial charge in [0.2, 0.25) is 0 Å². The molecule has 4 aromatic rings. The summed E-state index contributed by atoms with van der Waals surface area (Å²) >= 11 is 7.21. The summed E-state index contributed by atoms with van der Waals surface area (Å²) in [5.41, 5.74) is 1.53. The molecule has 0 aliphatic heterocycles. The van der Waals surface area contributed by atoms with Crippen molar-refractivity contribution in [3.8, 4) is 17.2 Å². The van der Waals surface area contributed by atoms with E-state index in [0.29, 0.717) is 21.7 Å². The second-order valence-corrected chi connectivity index (χ2v) is 7.73. The molecule has 2 heterocycles. The molecule has 0 unspecified atom stereocenters. The van der Waals surface area contributed by atoms with Crippen LogP contribution in [0.2, 0.25) is 5.02 Å². The molecule has 0 aliphatic carbocycles. The number of hydrogen-bond donors (Lipinski definition) is 0. The van der Waals surface area contributed by atoms with Crippen LogP contribution in [0.3, 0.4) is 0 Å². The molecule has 2 aromatic carbocycles. The number of benzene rings is 2. The lowest BCUT2D eigenvalue weighted by Crippen LogP contribution is -2.05. The number of nitro benzene ring substituents is 1. The van der Waals surface area contributed by atoms with Crippen LogP contribution in [0, 0.1) is 10.1 Å². The standard InChI is InChI=1S/C21H14ClN5O3S/c22-15-7-9-16(10-8-15)26-20(18-6-1-2-11-23-18)24-25-21(26)31-13-19(28)14-4-3-5-17(12-14)27(29)30/h1-12H,13H2. The highest BCUT2D eigenvalue weighted by atomic mass is 35.5. The number of carbonyl (C=O) groups is 1. The minimum atomic E-state index is -0.528. The van der Waals surface area contributed by atoms with Gasteiger partial charge in [-0.1, -0.05) is 41.6 Å². The molecule has 154 valence electrons. The molecule has 0 fully saturated rings. The van der Waals surface area contributed by atoms with Crippen LogP contribution in [0.15, 0.2) is 78.1 Å². The molecule has 0 atom stereocenters. The van der Waals surface area contributed by atoms with Gasteiger partial charge in [-0.25, -0.2) is 0 Å². The van der Waals surface area contributed by atoms with E-state index < -0.39 is 4.92 Å². The van der Waals surface area contributed by atoms with Gasteiger partial charge in [-0.15, -0.1) is 10.2 Å². The number of halogens is 1. The Morgan fingerprint density at radius 3 is 2.58 bits per heavy atom. The topological polar surface area (TPSA) is 104 Å². The summed E-state index contributed by atoms with van der Waals surface area (Å²) in [6.07, 6.45) is 1.66. The normalized spacial score (nSPS) is 10.7. The number of ketones is 1. The Morgan fingerprint density at radius 1 is 1.06 bits per heavy atom. The second-order valence-electron chi connectivity index (χ2n) is 6.35. The predicted octanol–water partition coefficient (Wildman–Crippen LogP) is 4.87. The van der Waals surface area contributed by atoms with E-state index in [1.54, 1.807) is 35.0 Å². The minimum Gasteiger partial charge on any atom is -0.293 e. The molecular formula is C21H14ClN5O3S. The van der Waals surface area contributed by atoms with Gasteiger partial charge in [0.15, 0.2) is 16.8 Å². The average molecular weight is 452 g/mol. The van der Waals surface area contributed by atoms with Crippen LogP contribution >= 0.6 is 23.4 Å². The van der Waals surface area contributed by atoms with Gasteiger partial charge in [0.05, 0.1) is 10.7 Å². The molecule has 0 bridgehead atoms. The van der Waals surface area contributed by atoms with Crippen molar-refractivity contribution >= 4 is 34.8 Å². The van der Waals surface area contributed by atoms with Gasteiger partial charge in [-0.2, -0.15) is 0 Å². The molecule has 0 radical (unpaired) electrons. The van der Waals surface area contributed by atoms with Crippen LogP contribution in [0.1, 0.15) is 10.4 Å². The average Bonchev–Trinajstić information content (AvgIpc) is 3.22. The molecule has 2 aromatic heterocycles. The third kappa shape index (κ3) is 4.62. The van der Waals surface area contributed by atoms with Crippen molar-refractivity contribution in [1.82, 2.24) is 19.7 Å². The van der Waals surface area contributed by atoms with Crippen molar-refractivity contribution < 1.29 is 9.72 Å². The third-order valence-electron chi connectivity index (χ3n) is 4.32. The third-order valence-corrected chi connectivity index (χ3v) is 5.50. The Morgan fingerprint density at radius 2 is 1.87 bits per heavy atom. The van der Waals surface area contributed by atoms with Crippen LogP contribution in [-0.4, -0.2) is 36.2 Å². The molecule has 0 saturated heterocycles. The predicted molar refractivity (Wildman–Crippen MR) is 118 cm³/mol. The number of non-ortho nitro benzene ring substituents is 1. The number of aromatic nitrogens is 4. The van der Waals surface area contributed by atoms with Gasteiger partial charge in [-0.05, 0) is 36.4 Å². The maximum Gasteiger partial charge on any atom is 0.270 e. The van der Waals surface area contributed by atoms with Crippen LogP contribution < -0.4 is 0 Å². The summed E-state index contributed by atoms with van der Waals surface area (Å²) in [6.45, 7) is 0. The van der Waals surface area contributed by atoms with Crippen LogP contribution in [0.4, 0.5) is 5.69 Å². The van der Waals surface area contributed by atoms with Crippen molar-refractivity contribution in [3.05, 3.63) is 93.6 Å². The van der Waals surface area contributed by atoms with Crippen LogP contribution in [0.25, 0.3) is 17.2 Å². The van der Waals surface area contributed by atoms with Gasteiger partial charge in [0, 0.05) is 34.6 Å². The largest absolute Gasteiger partial charge is 0.293 e. The minimum absolute atomic E-state index is 0.0368. The highest BCUT2D eigenvalue weighted by molar-refractivity contribution is 7.99. The van der Waals surface area contributed by atoms with E-state index in [-0.39, 0.29) is 22.8 Å². The van der Waals surface area contributed by atoms with Crippen LogP contribution in [-0.2, 0) is 0 Å². The van der Waals surface area contributed by atoms with E-state index in [0.717, 1.165) is 5.69 Å². The maximum atomic E-state index is 12.6. The fourth-order valence-corrected chi connectivity index (χ4v) is 3.83. The van der Waals surface area contributed by atoms with E-state index in [1.807, 2.05) is 24.3 Å². The first-order valence-electron chi connectivity index (χ1n) is 9.06. The molecule has 0 amide bonds. The molecule has 0 N–H and O–H groups in total. The molecular weight excluding hydrogens is 438 g/mol. The zero-order valence-electron chi connectivity index (χ0n) is 15.9. The Bertz CT molecular complexity index is 1250. The molecule has 8 nitrogen and oxygen atoms in total. The maximum absolute atomic E-state index is 12.6. The van der Waals surface area contributed by atoms with Gasteiger partial charge >= 0.3 is 0 Å². The van der Waals surface area contributed by atoms with E-state index in [1.165, 1.54) is 30.0 Å². The summed E-state index contributed by atoms with van der Waals surface area (Å²) in [4.78, 5) is 27.4. The van der Waals surface area contributed by atoms with E-state index in [9.17, 15) is 14.9 Å². The molecule has 4 rings (SSSR count). The lowest BCUT2D eigenvalue weighted by molar-refractivity contribution is -0.384. The SMILES string of the molecule is O=C(CSc1nnc(-c2ccccn2)n1-c1ccc(Cl)cc1)c1cccc([N+](=O)[O-])c1. The molecule has 0 saturated carbocycles. The Kier molecular flexibility index (Phi) is 6.06. The first-order valence-corrected chi connectivity index (χ1v) is 10.4. The summed E-state index contributed by atoms with van der Waals surface area (Å²) in [7, 11) is 0. The van der Waals surface area contributed by atoms with Gasteiger partial charge in [0.25, 0.3) is 5.69 Å². The highest BCUT2D eigenvalue weighted by Crippen LogP contribution is 2.28. The zero-order valence-corrected chi connectivity index (χ0v) is 17.5. The van der Waals surface area contributed by atoms with Crippen molar-refractivity contribution in [1.29, 1.82) is 0 Å². The second kappa shape index (κ2) is 9.07. The number of nitrogens with zero attached hydrogens (tertiary/aromatic N) is 5. The van der Waals surface area contributed by atoms with E-state index in [2.05, 4.69) is 15.2 Å². The summed E-state index contributed by atoms with van der Waals surface area (Å²) in [5, 5.41) is 20.6. The van der Waals surface area contributed by atoms with Crippen molar-refractivity contribution in [2.45, 2.75) is 5.16 Å². The van der Waals surface area contributed by atoms with Crippen molar-refractivity contribution in [2.75, 3.05) is 5.75 Å². The fourth-order valence-electron chi connectivity index (χ4n) is 2.85. The Hall–Kier alpha value is -3.56. The number of pyridine rings is 1. The zero-order chi connectivity index (χ0) is 21.8. The van der Waals surface area contributed by atoms with Crippen molar-refractivity contribution in [3.63, 3.8) is 0 Å². The number of Topliss-reactive ketones (excluding diaryl/α,β-unsaturated/α-hetero) is 1. The van der Waals surface area contributed by atoms with Crippen LogP contribution in [0.5, 0.6) is 0 Å². The van der Waals surface area contributed by atoms with Gasteiger partial charge in [-0.3, -0.25) is 24.5 Å². The van der Waals surface area contributed by atoms with E-state index >= 15 is 0 Å². The number of hydrogen-bond acceptors (Lipinski definition) is 7. The first-order chi connectivity index (χ1) is 15.0. The van der Waals surface area contributed by atoms with Crippen molar-refractivity contribution in [2.24, 2.45) is 0 Å². The molecule has 0 aliphatic rings. The number of thioether (sulfide) groups is 1. The quantitative estimate of drug-likeness (QED) is 0.171. The molecule has 10 heteroatoms. The lowest BCUT2D eigenvalue weighted by atomic mass is 10.1. The molecule has 31 heavy (non-hydrogen) atoms. The Labute approximate surface area is 186 Å². The summed E-state index contributed by atoms with van der Waals surface area (Å²) in [5.74, 6) is 0.307. The number of nitro groups is 1. The monoisotopic (exact) mass is 451 g/mol. The lowest BCUT2D eigenvalue weighted by Gasteiger charge is -2.10. The first kappa shape index (κ1) is 20.7. The smallest absolute Gasteiger partial charge is 0.270 e. The van der Waals surface area contributed by atoms with Gasteiger partial charge in [0.1, 0.15) is 5.69 Å². The highest BCUT2D eigenvalue weighted by Gasteiger charge is 2.19. The Balaban J connectivity index is 1.65. The van der Waals surface area contributed by atoms with Gasteiger partial charge < -0.3 is 0 Å². The van der Waals surface area contributed by atoms with E-state index in [4.69, 9.17) is 11.6 Å². The summed E-state index contributed by atoms with van der Waals surface area (Å²) < 4.78 is 1.80. The molecule has 0 spiro atoms. The number of rotatable bonds is 7.